The molecule has 1 aliphatic heterocycles. The number of hydrogen-bond donors (Lipinski definition) is 6. The highest BCUT2D eigenvalue weighted by Crippen LogP contribution is 2.61. The minimum absolute atomic E-state index is 0.0603. The topological polar surface area (TPSA) is 247 Å². The number of nitrogens with one attached hydrogen (secondary N) is 2. The molecule has 32 heavy (non-hydrogen) atoms. The Morgan fingerprint density at radius 2 is 2.00 bits per heavy atom. The Bertz CT molecular complexity index is 971. The standard InChI is InChI=1S/C14H22N6O10P2/c15-9-1-3-12(20(23)24)11(7-9)14(21)17-6-5-16-13-4-2-10(30-13)8-19(32(27,28)29)31(25,26)18-22/h1,3,7,10,13,16H,2,4-6,8,15H2,(H,17,21)(H,25,26)(H2,27,28,29). The Labute approximate surface area is 181 Å². The van der Waals surface area contributed by atoms with Crippen molar-refractivity contribution in [2.24, 2.45) is 4.95 Å². The number of anilines is 1. The maximum atomic E-state index is 12.2. The maximum absolute atomic E-state index is 12.2. The smallest absolute Gasteiger partial charge is 0.399 e. The van der Waals surface area contributed by atoms with Crippen LogP contribution in [0.25, 0.3) is 0 Å². The summed E-state index contributed by atoms with van der Waals surface area (Å²) in [6.45, 7) is -0.460. The zero-order chi connectivity index (χ0) is 24.1. The first-order valence-corrected chi connectivity index (χ1v) is 12.2. The molecular formula is C14H22N6O10P2. The van der Waals surface area contributed by atoms with Gasteiger partial charge in [0.1, 0.15) is 11.8 Å². The molecule has 1 aliphatic rings. The van der Waals surface area contributed by atoms with E-state index < -0.39 is 50.8 Å². The molecule has 1 fully saturated rings. The summed E-state index contributed by atoms with van der Waals surface area (Å²) < 4.78 is 28.4. The third kappa shape index (κ3) is 6.85. The van der Waals surface area contributed by atoms with Crippen molar-refractivity contribution in [3.8, 4) is 0 Å². The van der Waals surface area contributed by atoms with Gasteiger partial charge in [-0.25, -0.2) is 9.13 Å². The van der Waals surface area contributed by atoms with Crippen molar-refractivity contribution in [1.29, 1.82) is 0 Å². The lowest BCUT2D eigenvalue weighted by Crippen LogP contribution is -2.38. The van der Waals surface area contributed by atoms with E-state index in [0.29, 0.717) is 6.42 Å². The summed E-state index contributed by atoms with van der Waals surface area (Å²) in [5, 5.41) is 16.4. The first kappa shape index (κ1) is 26.0. The predicted octanol–water partition coefficient (Wildman–Crippen LogP) is 0.263. The van der Waals surface area contributed by atoms with E-state index in [1.54, 1.807) is 0 Å². The number of amides is 1. The average Bonchev–Trinajstić information content (AvgIpc) is 3.15. The Morgan fingerprint density at radius 3 is 2.59 bits per heavy atom. The zero-order valence-corrected chi connectivity index (χ0v) is 18.2. The van der Waals surface area contributed by atoms with Gasteiger partial charge in [-0.3, -0.25) is 20.2 Å². The summed E-state index contributed by atoms with van der Waals surface area (Å²) in [6.07, 6.45) is -0.834. The fraction of sp³-hybridized carbons (Fsp3) is 0.500. The highest BCUT2D eigenvalue weighted by Gasteiger charge is 2.44. The second kappa shape index (κ2) is 10.6. The summed E-state index contributed by atoms with van der Waals surface area (Å²) in [5.41, 5.74) is 5.17. The van der Waals surface area contributed by atoms with E-state index in [4.69, 9.17) is 10.5 Å². The van der Waals surface area contributed by atoms with E-state index in [-0.39, 0.29) is 35.2 Å². The number of nitro groups is 1. The molecule has 18 heteroatoms. The van der Waals surface area contributed by atoms with Crippen LogP contribution in [0.2, 0.25) is 0 Å². The van der Waals surface area contributed by atoms with E-state index in [1.807, 2.05) is 4.95 Å². The molecule has 0 bridgehead atoms. The van der Waals surface area contributed by atoms with Gasteiger partial charge in [0.15, 0.2) is 0 Å². The number of nitro benzene ring substituents is 1. The lowest BCUT2D eigenvalue weighted by Gasteiger charge is -2.25. The van der Waals surface area contributed by atoms with Gasteiger partial charge in [0, 0.05) is 36.3 Å². The molecule has 0 radical (unpaired) electrons. The Hall–Kier alpha value is -2.29. The number of rotatable bonds is 11. The van der Waals surface area contributed by atoms with Crippen LogP contribution < -0.4 is 16.4 Å². The average molecular weight is 496 g/mol. The number of nitrogen functional groups attached to an aromatic ring is 1. The maximum Gasteiger partial charge on any atom is 0.433 e. The molecular weight excluding hydrogens is 474 g/mol. The SMILES string of the molecule is Nc1ccc([N+](=O)[O-])c(C(=O)NCCNC2CCC(CN(P(=O)(O)O)P(=O)(O)N=O)O2)c1. The Kier molecular flexibility index (Phi) is 8.56. The lowest BCUT2D eigenvalue weighted by atomic mass is 10.1. The highest BCUT2D eigenvalue weighted by molar-refractivity contribution is 7.67. The van der Waals surface area contributed by atoms with Gasteiger partial charge >= 0.3 is 15.4 Å². The van der Waals surface area contributed by atoms with E-state index >= 15 is 0 Å². The molecule has 0 aromatic heterocycles. The molecule has 3 unspecified atom stereocenters. The van der Waals surface area contributed by atoms with E-state index in [9.17, 15) is 43.6 Å². The minimum Gasteiger partial charge on any atom is -0.399 e. The number of benzene rings is 1. The van der Waals surface area contributed by atoms with Gasteiger partial charge in [-0.2, -0.15) is 0 Å². The Morgan fingerprint density at radius 1 is 1.31 bits per heavy atom. The molecule has 1 aromatic rings. The van der Waals surface area contributed by atoms with Crippen LogP contribution in [-0.4, -0.2) is 61.9 Å². The van der Waals surface area contributed by atoms with Crippen LogP contribution in [0.4, 0.5) is 11.4 Å². The van der Waals surface area contributed by atoms with E-state index in [2.05, 4.69) is 10.6 Å². The molecule has 0 saturated carbocycles. The van der Waals surface area contributed by atoms with Gasteiger partial charge in [0.25, 0.3) is 11.6 Å². The lowest BCUT2D eigenvalue weighted by molar-refractivity contribution is -0.385. The molecule has 178 valence electrons. The van der Waals surface area contributed by atoms with Crippen molar-refractivity contribution in [3.05, 3.63) is 38.8 Å². The summed E-state index contributed by atoms with van der Waals surface area (Å²) in [6, 6.07) is 3.62. The van der Waals surface area contributed by atoms with Gasteiger partial charge in [-0.05, 0) is 25.0 Å². The second-order valence-corrected chi connectivity index (χ2v) is 10.2. The van der Waals surface area contributed by atoms with Gasteiger partial charge in [0.05, 0.1) is 11.0 Å². The number of nitroso groups, excluding NO2 is 1. The summed E-state index contributed by atoms with van der Waals surface area (Å²) in [7, 11) is -10.4. The molecule has 1 aromatic carbocycles. The molecule has 7 N–H and O–H groups in total. The quantitative estimate of drug-likeness (QED) is 0.0601. The first-order chi connectivity index (χ1) is 14.8. The van der Waals surface area contributed by atoms with Gasteiger partial charge < -0.3 is 30.5 Å². The fourth-order valence-corrected chi connectivity index (χ4v) is 5.16. The van der Waals surface area contributed by atoms with E-state index in [0.717, 1.165) is 6.07 Å². The molecule has 1 heterocycles. The molecule has 0 spiro atoms. The largest absolute Gasteiger partial charge is 0.433 e. The normalized spacial score (nSPS) is 20.6. The van der Waals surface area contributed by atoms with Crippen molar-refractivity contribution < 1.29 is 38.3 Å². The van der Waals surface area contributed by atoms with Gasteiger partial charge in [-0.15, -0.1) is 9.35 Å². The van der Waals surface area contributed by atoms with Crippen molar-refractivity contribution in [2.75, 3.05) is 25.4 Å². The number of nitrogens with zero attached hydrogens (tertiary/aromatic N) is 3. The molecule has 1 saturated heterocycles. The number of hydrogen-bond acceptors (Lipinski definition) is 9. The van der Waals surface area contributed by atoms with Crippen LogP contribution in [0.3, 0.4) is 0 Å². The van der Waals surface area contributed by atoms with Crippen LogP contribution in [-0.2, 0) is 13.9 Å². The predicted molar refractivity (Wildman–Crippen MR) is 110 cm³/mol. The first-order valence-electron chi connectivity index (χ1n) is 9.08. The number of carbonyl (C=O) groups is 1. The third-order valence-electron chi connectivity index (χ3n) is 4.43. The van der Waals surface area contributed by atoms with Crippen LogP contribution in [0, 0.1) is 15.0 Å². The summed E-state index contributed by atoms with van der Waals surface area (Å²) in [5.74, 6) is -0.701. The zero-order valence-electron chi connectivity index (χ0n) is 16.4. The van der Waals surface area contributed by atoms with Crippen LogP contribution in [0.5, 0.6) is 0 Å². The van der Waals surface area contributed by atoms with Crippen molar-refractivity contribution in [3.63, 3.8) is 0 Å². The fourth-order valence-electron chi connectivity index (χ4n) is 2.98. The molecule has 2 rings (SSSR count). The third-order valence-corrected chi connectivity index (χ3v) is 7.57. The van der Waals surface area contributed by atoms with E-state index in [1.165, 1.54) is 12.1 Å². The van der Waals surface area contributed by atoms with Gasteiger partial charge in [-0.1, -0.05) is 0 Å². The highest BCUT2D eigenvalue weighted by atomic mass is 31.3. The summed E-state index contributed by atoms with van der Waals surface area (Å²) in [4.78, 5) is 62.7. The Balaban J connectivity index is 1.84. The van der Waals surface area contributed by atoms with Crippen LogP contribution in [0.1, 0.15) is 23.2 Å². The van der Waals surface area contributed by atoms with Crippen molar-refractivity contribution in [1.82, 2.24) is 15.1 Å². The van der Waals surface area contributed by atoms with Crippen molar-refractivity contribution >= 4 is 32.7 Å². The van der Waals surface area contributed by atoms with Gasteiger partial charge in [0.2, 0.25) is 0 Å². The molecule has 0 aliphatic carbocycles. The second-order valence-electron chi connectivity index (χ2n) is 6.73. The summed E-state index contributed by atoms with van der Waals surface area (Å²) >= 11 is 0. The number of ether oxygens (including phenoxy) is 1. The molecule has 16 nitrogen and oxygen atoms in total. The molecule has 3 atom stereocenters. The van der Waals surface area contributed by atoms with Crippen LogP contribution in [0.15, 0.2) is 23.1 Å². The number of nitrogens with two attached hydrogens (primary N) is 1. The molecule has 1 amide bonds. The minimum atomic E-state index is -5.25. The monoisotopic (exact) mass is 496 g/mol. The van der Waals surface area contributed by atoms with Crippen LogP contribution >= 0.6 is 15.4 Å². The number of carbonyl (C=O) groups excluding carboxylic acids is 1. The van der Waals surface area contributed by atoms with Crippen molar-refractivity contribution in [2.45, 2.75) is 25.2 Å².